The number of carbonyl (C=O) groups excluding carboxylic acids is 2. The fourth-order valence-corrected chi connectivity index (χ4v) is 9.16. The lowest BCUT2D eigenvalue weighted by molar-refractivity contribution is -0.115. The molecule has 0 spiro atoms. The lowest BCUT2D eigenvalue weighted by Crippen LogP contribution is -2.17. The van der Waals surface area contributed by atoms with E-state index < -0.39 is 5.97 Å². The SMILES string of the molecule is CCOC(=O)c1cc(CCc2cc3c(s2)-n2c(C)nnc2CN=C3c2ccccc2Cl)ccc1CC(=O)Nc1cccc(/C=C/c2nc(C3CCC3)cs2)c1. The van der Waals surface area contributed by atoms with E-state index in [1.165, 1.54) is 25.0 Å². The number of ether oxygens (including phenoxy) is 1. The maximum absolute atomic E-state index is 13.3. The zero-order chi connectivity index (χ0) is 37.9. The standard InChI is InChI=1S/C43H39ClN6O3S2/c1-3-53-43(52)34-21-28(15-18-32-23-35-41(33-12-4-5-13-36(33)44)45-24-38-49-48-26(2)50(38)42(35)55-32)14-17-30(34)22-39(51)46-31-11-6-8-27(20-31)16-19-40-47-37(25-54-40)29-9-7-10-29/h4-6,8,11-14,16-17,19-21,23,25,29H,3,7,9-10,15,18,22,24H2,1-2H3,(H,46,51)/b19-16+. The summed E-state index contributed by atoms with van der Waals surface area (Å²) >= 11 is 10.00. The van der Waals surface area contributed by atoms with Crippen molar-refractivity contribution in [3.05, 3.63) is 144 Å². The van der Waals surface area contributed by atoms with Crippen molar-refractivity contribution < 1.29 is 14.3 Å². The summed E-state index contributed by atoms with van der Waals surface area (Å²) in [6, 6.07) is 23.3. The Balaban J connectivity index is 0.972. The summed E-state index contributed by atoms with van der Waals surface area (Å²) in [6.45, 7) is 4.36. The molecule has 3 aromatic heterocycles. The van der Waals surface area contributed by atoms with Gasteiger partial charge < -0.3 is 10.1 Å². The molecule has 1 amide bonds. The van der Waals surface area contributed by atoms with Crippen LogP contribution in [0.3, 0.4) is 0 Å². The van der Waals surface area contributed by atoms with Gasteiger partial charge in [-0.2, -0.15) is 0 Å². The fraction of sp³-hybridized carbons (Fsp3) is 0.256. The molecular formula is C43H39ClN6O3S2. The first-order chi connectivity index (χ1) is 26.8. The van der Waals surface area contributed by atoms with Crippen LogP contribution < -0.4 is 5.32 Å². The summed E-state index contributed by atoms with van der Waals surface area (Å²) in [5.74, 6) is 1.53. The Bertz CT molecular complexity index is 2460. The summed E-state index contributed by atoms with van der Waals surface area (Å²) in [7, 11) is 0. The number of carbonyl (C=O) groups is 2. The van der Waals surface area contributed by atoms with Crippen LogP contribution in [0.2, 0.25) is 5.02 Å². The Kier molecular flexibility index (Phi) is 10.8. The molecule has 0 radical (unpaired) electrons. The summed E-state index contributed by atoms with van der Waals surface area (Å²) in [5, 5.41) is 16.5. The zero-order valence-electron chi connectivity index (χ0n) is 30.5. The number of nitrogens with zero attached hydrogens (tertiary/aromatic N) is 5. The minimum absolute atomic E-state index is 0.0278. The van der Waals surface area contributed by atoms with Crippen molar-refractivity contribution in [2.45, 2.75) is 64.8 Å². The van der Waals surface area contributed by atoms with Gasteiger partial charge in [0.15, 0.2) is 5.82 Å². The highest BCUT2D eigenvalue weighted by Crippen LogP contribution is 2.37. The number of fused-ring (bicyclic) bond motifs is 3. The average molecular weight is 787 g/mol. The van der Waals surface area contributed by atoms with Gasteiger partial charge in [-0.05, 0) is 92.6 Å². The maximum Gasteiger partial charge on any atom is 0.338 e. The number of halogens is 1. The Morgan fingerprint density at radius 2 is 1.87 bits per heavy atom. The number of nitrogens with one attached hydrogen (secondary N) is 1. The molecule has 2 aliphatic rings. The first-order valence-electron chi connectivity index (χ1n) is 18.5. The lowest BCUT2D eigenvalue weighted by Gasteiger charge is -2.22. The highest BCUT2D eigenvalue weighted by Gasteiger charge is 2.26. The monoisotopic (exact) mass is 786 g/mol. The van der Waals surface area contributed by atoms with Gasteiger partial charge in [0, 0.05) is 38.0 Å². The third-order valence-corrected chi connectivity index (χ3v) is 12.3. The van der Waals surface area contributed by atoms with E-state index in [1.54, 1.807) is 29.6 Å². The number of thiophene rings is 1. The van der Waals surface area contributed by atoms with Crippen molar-refractivity contribution in [2.24, 2.45) is 4.99 Å². The second-order valence-corrected chi connectivity index (χ2v) is 16.1. The molecular weight excluding hydrogens is 748 g/mol. The topological polar surface area (TPSA) is 111 Å². The van der Waals surface area contributed by atoms with Crippen LogP contribution in [0.15, 0.2) is 83.2 Å². The number of esters is 1. The Hall–Kier alpha value is -5.23. The highest BCUT2D eigenvalue weighted by molar-refractivity contribution is 7.15. The predicted molar refractivity (Wildman–Crippen MR) is 221 cm³/mol. The van der Waals surface area contributed by atoms with E-state index in [0.717, 1.165) is 60.9 Å². The summed E-state index contributed by atoms with van der Waals surface area (Å²) < 4.78 is 7.52. The Morgan fingerprint density at radius 1 is 1.00 bits per heavy atom. The second kappa shape index (κ2) is 16.2. The molecule has 1 aliphatic heterocycles. The smallest absolute Gasteiger partial charge is 0.338 e. The number of benzene rings is 3. The number of aryl methyl sites for hydroxylation is 3. The van der Waals surface area contributed by atoms with Gasteiger partial charge in [-0.25, -0.2) is 9.78 Å². The minimum atomic E-state index is -0.444. The Labute approximate surface area is 332 Å². The molecule has 0 unspecified atom stereocenters. The van der Waals surface area contributed by atoms with Crippen LogP contribution in [0.5, 0.6) is 0 Å². The van der Waals surface area contributed by atoms with Crippen molar-refractivity contribution >= 4 is 69.7 Å². The molecule has 55 heavy (non-hydrogen) atoms. The van der Waals surface area contributed by atoms with Crippen LogP contribution in [0, 0.1) is 6.92 Å². The molecule has 1 saturated carbocycles. The third kappa shape index (κ3) is 8.10. The van der Waals surface area contributed by atoms with Crippen molar-refractivity contribution in [1.29, 1.82) is 0 Å². The van der Waals surface area contributed by atoms with Gasteiger partial charge in [0.2, 0.25) is 5.91 Å². The van der Waals surface area contributed by atoms with E-state index in [4.69, 9.17) is 26.3 Å². The van der Waals surface area contributed by atoms with Crippen molar-refractivity contribution in [3.8, 4) is 5.00 Å². The number of hydrogen-bond acceptors (Lipinski definition) is 9. The molecule has 4 heterocycles. The van der Waals surface area contributed by atoms with E-state index in [1.807, 2.05) is 85.8 Å². The summed E-state index contributed by atoms with van der Waals surface area (Å²) in [4.78, 5) is 37.4. The summed E-state index contributed by atoms with van der Waals surface area (Å²) in [6.07, 6.45) is 9.21. The molecule has 9 nitrogen and oxygen atoms in total. The van der Waals surface area contributed by atoms with E-state index in [-0.39, 0.29) is 18.9 Å². The summed E-state index contributed by atoms with van der Waals surface area (Å²) in [5.41, 5.74) is 7.51. The predicted octanol–water partition coefficient (Wildman–Crippen LogP) is 9.68. The van der Waals surface area contributed by atoms with E-state index >= 15 is 0 Å². The molecule has 0 saturated heterocycles. The molecule has 278 valence electrons. The molecule has 8 rings (SSSR count). The maximum atomic E-state index is 13.3. The van der Waals surface area contributed by atoms with Crippen LogP contribution in [0.4, 0.5) is 5.69 Å². The first kappa shape index (κ1) is 36.7. The van der Waals surface area contributed by atoms with Gasteiger partial charge in [-0.1, -0.05) is 66.6 Å². The van der Waals surface area contributed by atoms with E-state index in [0.29, 0.717) is 40.7 Å². The second-order valence-electron chi connectivity index (χ2n) is 13.7. The largest absolute Gasteiger partial charge is 0.462 e. The van der Waals surface area contributed by atoms with Gasteiger partial charge in [-0.3, -0.25) is 14.4 Å². The number of aromatic nitrogens is 4. The van der Waals surface area contributed by atoms with Crippen molar-refractivity contribution in [1.82, 2.24) is 19.7 Å². The number of thiazole rings is 1. The Morgan fingerprint density at radius 3 is 2.69 bits per heavy atom. The van der Waals surface area contributed by atoms with Gasteiger partial charge in [0.1, 0.15) is 22.4 Å². The quantitative estimate of drug-likeness (QED) is 0.124. The molecule has 1 fully saturated rings. The van der Waals surface area contributed by atoms with Crippen LogP contribution in [-0.2, 0) is 35.3 Å². The molecule has 3 aromatic carbocycles. The average Bonchev–Trinajstić information content (AvgIpc) is 3.87. The number of aliphatic imine (C=N–C) groups is 1. The minimum Gasteiger partial charge on any atom is -0.462 e. The van der Waals surface area contributed by atoms with Gasteiger partial charge in [0.25, 0.3) is 0 Å². The van der Waals surface area contributed by atoms with Crippen molar-refractivity contribution in [3.63, 3.8) is 0 Å². The van der Waals surface area contributed by atoms with Crippen molar-refractivity contribution in [2.75, 3.05) is 11.9 Å². The van der Waals surface area contributed by atoms with Crippen LogP contribution >= 0.6 is 34.3 Å². The molecule has 1 N–H and O–H groups in total. The molecule has 12 heteroatoms. The third-order valence-electron chi connectivity index (χ3n) is 9.95. The molecule has 0 bridgehead atoms. The van der Waals surface area contributed by atoms with E-state index in [9.17, 15) is 9.59 Å². The van der Waals surface area contributed by atoms with Crippen LogP contribution in [-0.4, -0.2) is 43.9 Å². The molecule has 1 aliphatic carbocycles. The normalized spacial score (nSPS) is 13.8. The number of amides is 1. The van der Waals surface area contributed by atoms with Gasteiger partial charge >= 0.3 is 5.97 Å². The molecule has 0 atom stereocenters. The van der Waals surface area contributed by atoms with Crippen LogP contribution in [0.1, 0.15) is 97.5 Å². The highest BCUT2D eigenvalue weighted by atomic mass is 35.5. The van der Waals surface area contributed by atoms with Crippen LogP contribution in [0.25, 0.3) is 17.2 Å². The molecule has 6 aromatic rings. The number of anilines is 1. The van der Waals surface area contributed by atoms with Gasteiger partial charge in [-0.15, -0.1) is 32.9 Å². The lowest BCUT2D eigenvalue weighted by atomic mass is 9.83. The zero-order valence-corrected chi connectivity index (χ0v) is 32.9. The van der Waals surface area contributed by atoms with E-state index in [2.05, 4.69) is 31.5 Å². The number of rotatable bonds is 12. The van der Waals surface area contributed by atoms with Gasteiger partial charge in [0.05, 0.1) is 30.0 Å². The first-order valence-corrected chi connectivity index (χ1v) is 20.6. The number of hydrogen-bond donors (Lipinski definition) is 1. The fourth-order valence-electron chi connectivity index (χ4n) is 6.92.